The second kappa shape index (κ2) is 5.24. The van der Waals surface area contributed by atoms with Crippen molar-refractivity contribution >= 4 is 63.0 Å². The molecule has 0 unspecified atom stereocenters. The van der Waals surface area contributed by atoms with Gasteiger partial charge >= 0.3 is 0 Å². The zero-order valence-corrected chi connectivity index (χ0v) is 11.9. The smallest absolute Gasteiger partial charge is 0.259 e. The van der Waals surface area contributed by atoms with Crippen LogP contribution in [0.5, 0.6) is 0 Å². The van der Waals surface area contributed by atoms with Gasteiger partial charge in [0.2, 0.25) is 0 Å². The lowest BCUT2D eigenvalue weighted by molar-refractivity contribution is -0.123. The van der Waals surface area contributed by atoms with Crippen molar-refractivity contribution in [3.63, 3.8) is 0 Å². The first kappa shape index (κ1) is 12.0. The number of halogens is 1. The van der Waals surface area contributed by atoms with Gasteiger partial charge in [0.05, 0.1) is 12.0 Å². The van der Waals surface area contributed by atoms with Gasteiger partial charge in [-0.2, -0.15) is 10.1 Å². The molecule has 1 amide bonds. The monoisotopic (exact) mass is 362 g/mol. The first-order valence-corrected chi connectivity index (χ1v) is 6.93. The molecule has 0 aromatic heterocycles. The van der Waals surface area contributed by atoms with Gasteiger partial charge in [-0.1, -0.05) is 36.1 Å². The molecule has 6 heteroatoms. The highest BCUT2D eigenvalue weighted by Gasteiger charge is 2.25. The summed E-state index contributed by atoms with van der Waals surface area (Å²) in [7, 11) is 0. The van der Waals surface area contributed by atoms with Crippen molar-refractivity contribution in [2.45, 2.75) is 0 Å². The fourth-order valence-corrected chi connectivity index (χ4v) is 2.70. The molecule has 1 aromatic rings. The molecule has 82 valence electrons. The molecule has 1 saturated heterocycles. The maximum Gasteiger partial charge on any atom is 0.259 e. The molecule has 1 aliphatic heterocycles. The lowest BCUT2D eigenvalue weighted by Crippen LogP contribution is -2.22. The molecule has 0 radical (unpaired) electrons. The molecule has 1 heterocycles. The molecular formula is C10H7IN2OS2. The topological polar surface area (TPSA) is 32.7 Å². The average Bonchev–Trinajstić information content (AvgIpc) is 2.56. The Labute approximate surface area is 116 Å². The van der Waals surface area contributed by atoms with Gasteiger partial charge in [0, 0.05) is 3.57 Å². The Morgan fingerprint density at radius 3 is 3.00 bits per heavy atom. The van der Waals surface area contributed by atoms with Crippen molar-refractivity contribution in [3.05, 3.63) is 33.4 Å². The molecule has 3 nitrogen and oxygen atoms in total. The van der Waals surface area contributed by atoms with Crippen LogP contribution in [-0.2, 0) is 4.79 Å². The van der Waals surface area contributed by atoms with E-state index < -0.39 is 0 Å². The van der Waals surface area contributed by atoms with E-state index in [1.54, 1.807) is 6.21 Å². The number of hydrogen-bond acceptors (Lipinski definition) is 4. The van der Waals surface area contributed by atoms with E-state index in [-0.39, 0.29) is 5.91 Å². The summed E-state index contributed by atoms with van der Waals surface area (Å²) in [5.74, 6) is 0.333. The Morgan fingerprint density at radius 1 is 1.56 bits per heavy atom. The molecule has 1 aliphatic rings. The minimum atomic E-state index is -0.0584. The van der Waals surface area contributed by atoms with Crippen molar-refractivity contribution in [2.75, 3.05) is 5.75 Å². The third kappa shape index (κ3) is 2.80. The van der Waals surface area contributed by atoms with Gasteiger partial charge in [0.25, 0.3) is 5.91 Å². The highest BCUT2D eigenvalue weighted by atomic mass is 127. The Bertz CT molecular complexity index is 460. The van der Waals surface area contributed by atoms with E-state index in [2.05, 4.69) is 27.7 Å². The molecule has 16 heavy (non-hydrogen) atoms. The standard InChI is InChI=1S/C10H7IN2OS2/c11-8-3-1-2-7(4-8)5-12-13-9(14)6-16-10(13)15/h1-5H,6H2/b12-5+. The number of amides is 1. The predicted octanol–water partition coefficient (Wildman–Crippen LogP) is 2.49. The molecule has 0 bridgehead atoms. The summed E-state index contributed by atoms with van der Waals surface area (Å²) in [6.07, 6.45) is 1.65. The number of hydrazone groups is 1. The minimum absolute atomic E-state index is 0.0584. The third-order valence-corrected chi connectivity index (χ3v) is 3.91. The minimum Gasteiger partial charge on any atom is -0.272 e. The lowest BCUT2D eigenvalue weighted by atomic mass is 10.2. The molecule has 1 aromatic carbocycles. The second-order valence-corrected chi connectivity index (χ2v) is 5.91. The second-order valence-electron chi connectivity index (χ2n) is 3.06. The molecule has 2 rings (SSSR count). The fourth-order valence-electron chi connectivity index (χ4n) is 1.17. The van der Waals surface area contributed by atoms with Crippen molar-refractivity contribution < 1.29 is 4.79 Å². The average molecular weight is 362 g/mol. The highest BCUT2D eigenvalue weighted by Crippen LogP contribution is 2.19. The summed E-state index contributed by atoms with van der Waals surface area (Å²) >= 11 is 8.59. The highest BCUT2D eigenvalue weighted by molar-refractivity contribution is 14.1. The summed E-state index contributed by atoms with van der Waals surface area (Å²) in [4.78, 5) is 11.4. The summed E-state index contributed by atoms with van der Waals surface area (Å²) in [6, 6.07) is 7.87. The van der Waals surface area contributed by atoms with Gasteiger partial charge in [-0.15, -0.1) is 0 Å². The molecule has 0 N–H and O–H groups in total. The summed E-state index contributed by atoms with van der Waals surface area (Å²) in [5.41, 5.74) is 0.958. The van der Waals surface area contributed by atoms with E-state index in [0.717, 1.165) is 9.13 Å². The number of hydrogen-bond donors (Lipinski definition) is 0. The molecular weight excluding hydrogens is 355 g/mol. The fraction of sp³-hybridized carbons (Fsp3) is 0.100. The number of rotatable bonds is 2. The van der Waals surface area contributed by atoms with Crippen LogP contribution in [0.4, 0.5) is 0 Å². The Balaban J connectivity index is 2.15. The van der Waals surface area contributed by atoms with Gasteiger partial charge in [-0.25, -0.2) is 0 Å². The third-order valence-electron chi connectivity index (χ3n) is 1.90. The Kier molecular flexibility index (Phi) is 3.93. The quantitative estimate of drug-likeness (QED) is 0.460. The van der Waals surface area contributed by atoms with E-state index >= 15 is 0 Å². The van der Waals surface area contributed by atoms with Crippen LogP contribution in [0.25, 0.3) is 0 Å². The van der Waals surface area contributed by atoms with Crippen LogP contribution in [0, 0.1) is 3.57 Å². The predicted molar refractivity (Wildman–Crippen MR) is 78.7 cm³/mol. The number of nitrogens with zero attached hydrogens (tertiary/aromatic N) is 2. The number of thiocarbonyl (C=S) groups is 1. The van der Waals surface area contributed by atoms with Crippen LogP contribution < -0.4 is 0 Å². The molecule has 0 spiro atoms. The molecule has 0 atom stereocenters. The van der Waals surface area contributed by atoms with Crippen molar-refractivity contribution in [1.82, 2.24) is 5.01 Å². The van der Waals surface area contributed by atoms with Crippen LogP contribution >= 0.6 is 46.6 Å². The number of carbonyl (C=O) groups is 1. The molecule has 0 aliphatic carbocycles. The number of thioether (sulfide) groups is 1. The van der Waals surface area contributed by atoms with Gasteiger partial charge in [0.15, 0.2) is 4.32 Å². The maximum absolute atomic E-state index is 11.4. The van der Waals surface area contributed by atoms with Crippen LogP contribution in [-0.4, -0.2) is 27.2 Å². The van der Waals surface area contributed by atoms with Gasteiger partial charge in [0.1, 0.15) is 0 Å². The van der Waals surface area contributed by atoms with E-state index in [4.69, 9.17) is 12.2 Å². The van der Waals surface area contributed by atoms with E-state index in [0.29, 0.717) is 10.1 Å². The molecule has 0 saturated carbocycles. The van der Waals surface area contributed by atoms with Gasteiger partial charge in [-0.3, -0.25) is 4.79 Å². The molecule has 1 fully saturated rings. The van der Waals surface area contributed by atoms with Crippen LogP contribution in [0.2, 0.25) is 0 Å². The lowest BCUT2D eigenvalue weighted by Gasteiger charge is -2.06. The normalized spacial score (nSPS) is 16.4. The number of carbonyl (C=O) groups excluding carboxylic acids is 1. The first-order chi connectivity index (χ1) is 7.66. The van der Waals surface area contributed by atoms with Crippen LogP contribution in [0.1, 0.15) is 5.56 Å². The number of benzene rings is 1. The summed E-state index contributed by atoms with van der Waals surface area (Å²) in [5, 5.41) is 5.37. The van der Waals surface area contributed by atoms with E-state index in [9.17, 15) is 4.79 Å². The Morgan fingerprint density at radius 2 is 2.38 bits per heavy atom. The SMILES string of the molecule is O=C1CSC(=S)N1/N=C/c1cccc(I)c1. The Hall–Kier alpha value is -0.470. The van der Waals surface area contributed by atoms with Crippen molar-refractivity contribution in [1.29, 1.82) is 0 Å². The first-order valence-electron chi connectivity index (χ1n) is 4.46. The maximum atomic E-state index is 11.4. The van der Waals surface area contributed by atoms with Gasteiger partial charge < -0.3 is 0 Å². The zero-order valence-electron chi connectivity index (χ0n) is 8.09. The van der Waals surface area contributed by atoms with Crippen LogP contribution in [0.15, 0.2) is 29.4 Å². The summed E-state index contributed by atoms with van der Waals surface area (Å²) in [6.45, 7) is 0. The van der Waals surface area contributed by atoms with Gasteiger partial charge in [-0.05, 0) is 40.3 Å². The van der Waals surface area contributed by atoms with Crippen molar-refractivity contribution in [3.8, 4) is 0 Å². The largest absolute Gasteiger partial charge is 0.272 e. The summed E-state index contributed by atoms with van der Waals surface area (Å²) < 4.78 is 1.65. The van der Waals surface area contributed by atoms with Crippen LogP contribution in [0.3, 0.4) is 0 Å². The van der Waals surface area contributed by atoms with Crippen molar-refractivity contribution in [2.24, 2.45) is 5.10 Å². The van der Waals surface area contributed by atoms with E-state index in [1.165, 1.54) is 16.8 Å². The zero-order chi connectivity index (χ0) is 11.5. The van der Waals surface area contributed by atoms with E-state index in [1.807, 2.05) is 24.3 Å².